The van der Waals surface area contributed by atoms with Gasteiger partial charge in [-0.25, -0.2) is 4.39 Å². The van der Waals surface area contributed by atoms with E-state index in [0.29, 0.717) is 0 Å². The monoisotopic (exact) mass is 211 g/mol. The van der Waals surface area contributed by atoms with Crippen LogP contribution in [0, 0.1) is 15.9 Å². The fraction of sp³-hybridized carbons (Fsp3) is 0.222. The highest BCUT2D eigenvalue weighted by molar-refractivity contribution is 6.00. The van der Waals surface area contributed by atoms with Crippen LogP contribution in [0.25, 0.3) is 0 Å². The number of carbonyl (C=O) groups excluding carboxylic acids is 1. The number of benzene rings is 1. The molecular weight excluding hydrogens is 205 g/mol. The number of hydrogen-bond acceptors (Lipinski definition) is 4. The van der Waals surface area contributed by atoms with Crippen LogP contribution in [0.1, 0.15) is 16.8 Å². The Morgan fingerprint density at radius 3 is 2.87 bits per heavy atom. The van der Waals surface area contributed by atoms with Gasteiger partial charge in [-0.2, -0.15) is 0 Å². The highest BCUT2D eigenvalue weighted by Gasteiger charge is 2.28. The van der Waals surface area contributed by atoms with Crippen molar-refractivity contribution < 1.29 is 18.8 Å². The van der Waals surface area contributed by atoms with Gasteiger partial charge in [0, 0.05) is 6.42 Å². The minimum absolute atomic E-state index is 0.0482. The molecule has 6 heteroatoms. The molecule has 0 bridgehead atoms. The van der Waals surface area contributed by atoms with Crippen molar-refractivity contribution in [1.29, 1.82) is 0 Å². The number of fused-ring (bicyclic) bond motifs is 1. The van der Waals surface area contributed by atoms with Gasteiger partial charge in [0.25, 0.3) is 0 Å². The zero-order valence-corrected chi connectivity index (χ0v) is 7.53. The summed E-state index contributed by atoms with van der Waals surface area (Å²) in [7, 11) is 0. The third-order valence-electron chi connectivity index (χ3n) is 2.11. The zero-order chi connectivity index (χ0) is 11.0. The lowest BCUT2D eigenvalue weighted by Crippen LogP contribution is -2.16. The Hall–Kier alpha value is -1.98. The molecule has 0 aliphatic carbocycles. The first kappa shape index (κ1) is 9.57. The quantitative estimate of drug-likeness (QED) is 0.523. The van der Waals surface area contributed by atoms with Crippen molar-refractivity contribution in [3.63, 3.8) is 0 Å². The van der Waals surface area contributed by atoms with Gasteiger partial charge < -0.3 is 4.74 Å². The lowest BCUT2D eigenvalue weighted by atomic mass is 10.0. The minimum atomic E-state index is -0.806. The number of ketones is 1. The molecule has 0 radical (unpaired) electrons. The van der Waals surface area contributed by atoms with Crippen LogP contribution >= 0.6 is 0 Å². The Balaban J connectivity index is 2.67. The summed E-state index contributed by atoms with van der Waals surface area (Å²) in [5.41, 5.74) is -0.550. The lowest BCUT2D eigenvalue weighted by Gasteiger charge is -2.15. The maximum absolute atomic E-state index is 13.0. The van der Waals surface area contributed by atoms with Crippen LogP contribution in [0.3, 0.4) is 0 Å². The normalized spacial score (nSPS) is 14.3. The molecule has 2 rings (SSSR count). The summed E-state index contributed by atoms with van der Waals surface area (Å²) in [5, 5.41) is 10.6. The fourth-order valence-corrected chi connectivity index (χ4v) is 1.45. The van der Waals surface area contributed by atoms with E-state index in [2.05, 4.69) is 0 Å². The molecule has 0 atom stereocenters. The molecule has 1 aromatic rings. The van der Waals surface area contributed by atoms with E-state index < -0.39 is 16.4 Å². The maximum atomic E-state index is 13.0. The first-order valence-electron chi connectivity index (χ1n) is 4.23. The first-order chi connectivity index (χ1) is 7.09. The molecule has 1 heterocycles. The average molecular weight is 211 g/mol. The van der Waals surface area contributed by atoms with Gasteiger partial charge in [-0.05, 0) is 6.07 Å². The van der Waals surface area contributed by atoms with E-state index in [9.17, 15) is 19.3 Å². The summed E-state index contributed by atoms with van der Waals surface area (Å²) in [4.78, 5) is 21.2. The standard InChI is InChI=1S/C9H6FNO4/c10-5-3-6-8(12)1-2-15-9(6)7(4-5)11(13)14/h3-4H,1-2H2. The summed E-state index contributed by atoms with van der Waals surface area (Å²) in [5.74, 6) is -1.27. The molecule has 15 heavy (non-hydrogen) atoms. The predicted octanol–water partition coefficient (Wildman–Crippen LogP) is 1.70. The fourth-order valence-electron chi connectivity index (χ4n) is 1.45. The van der Waals surface area contributed by atoms with Crippen LogP contribution in [0.5, 0.6) is 5.75 Å². The van der Waals surface area contributed by atoms with Crippen molar-refractivity contribution in [2.75, 3.05) is 6.61 Å². The van der Waals surface area contributed by atoms with Crippen molar-refractivity contribution in [2.45, 2.75) is 6.42 Å². The molecule has 0 unspecified atom stereocenters. The molecule has 0 spiro atoms. The molecule has 0 saturated heterocycles. The van der Waals surface area contributed by atoms with E-state index in [1.54, 1.807) is 0 Å². The van der Waals surface area contributed by atoms with Gasteiger partial charge >= 0.3 is 5.69 Å². The molecule has 1 aliphatic heterocycles. The predicted molar refractivity (Wildman–Crippen MR) is 47.5 cm³/mol. The molecule has 0 fully saturated rings. The third-order valence-corrected chi connectivity index (χ3v) is 2.11. The van der Waals surface area contributed by atoms with E-state index in [-0.39, 0.29) is 30.1 Å². The summed E-state index contributed by atoms with van der Waals surface area (Å²) in [6.07, 6.45) is 0.119. The Morgan fingerprint density at radius 2 is 2.20 bits per heavy atom. The average Bonchev–Trinajstić information content (AvgIpc) is 2.18. The summed E-state index contributed by atoms with van der Waals surface area (Å²) in [6, 6.07) is 1.71. The van der Waals surface area contributed by atoms with Crippen LogP contribution in [0.4, 0.5) is 10.1 Å². The SMILES string of the molecule is O=C1CCOc2c1cc(F)cc2[N+](=O)[O-]. The second kappa shape index (κ2) is 3.30. The van der Waals surface area contributed by atoms with Gasteiger partial charge in [-0.15, -0.1) is 0 Å². The lowest BCUT2D eigenvalue weighted by molar-refractivity contribution is -0.386. The van der Waals surface area contributed by atoms with E-state index in [1.165, 1.54) is 0 Å². The van der Waals surface area contributed by atoms with E-state index in [0.717, 1.165) is 12.1 Å². The summed E-state index contributed by atoms with van der Waals surface area (Å²) < 4.78 is 18.0. The van der Waals surface area contributed by atoms with Crippen molar-refractivity contribution in [2.24, 2.45) is 0 Å². The number of ether oxygens (including phenoxy) is 1. The molecule has 0 amide bonds. The second-order valence-corrected chi connectivity index (χ2v) is 3.08. The van der Waals surface area contributed by atoms with Gasteiger partial charge in [-0.1, -0.05) is 0 Å². The number of nitro benzene ring substituents is 1. The molecule has 78 valence electrons. The Kier molecular flexibility index (Phi) is 2.11. The number of nitrogens with zero attached hydrogens (tertiary/aromatic N) is 1. The van der Waals surface area contributed by atoms with E-state index in [4.69, 9.17) is 4.74 Å². The second-order valence-electron chi connectivity index (χ2n) is 3.08. The van der Waals surface area contributed by atoms with E-state index >= 15 is 0 Å². The number of nitro groups is 1. The number of hydrogen-bond donors (Lipinski definition) is 0. The molecule has 0 saturated carbocycles. The Labute approximate surface area is 83.6 Å². The molecule has 1 aliphatic rings. The first-order valence-corrected chi connectivity index (χ1v) is 4.23. The number of Topliss-reactive ketones (excluding diaryl/α,β-unsaturated/α-hetero) is 1. The minimum Gasteiger partial charge on any atom is -0.486 e. The zero-order valence-electron chi connectivity index (χ0n) is 7.53. The number of rotatable bonds is 1. The maximum Gasteiger partial charge on any atom is 0.314 e. The summed E-state index contributed by atoms with van der Waals surface area (Å²) >= 11 is 0. The van der Waals surface area contributed by atoms with Crippen LogP contribution < -0.4 is 4.74 Å². The van der Waals surface area contributed by atoms with Crippen LogP contribution in [-0.4, -0.2) is 17.3 Å². The van der Waals surface area contributed by atoms with Crippen LogP contribution in [-0.2, 0) is 0 Å². The van der Waals surface area contributed by atoms with Gasteiger partial charge in [0.1, 0.15) is 5.82 Å². The molecule has 5 nitrogen and oxygen atoms in total. The van der Waals surface area contributed by atoms with Gasteiger partial charge in [-0.3, -0.25) is 14.9 Å². The molecule has 1 aromatic carbocycles. The van der Waals surface area contributed by atoms with Crippen LogP contribution in [0.15, 0.2) is 12.1 Å². The number of halogens is 1. The summed E-state index contributed by atoms with van der Waals surface area (Å²) in [6.45, 7) is 0.0955. The smallest absolute Gasteiger partial charge is 0.314 e. The third kappa shape index (κ3) is 1.54. The topological polar surface area (TPSA) is 69.4 Å². The van der Waals surface area contributed by atoms with Crippen molar-refractivity contribution >= 4 is 11.5 Å². The molecule has 0 aromatic heterocycles. The van der Waals surface area contributed by atoms with Gasteiger partial charge in [0.2, 0.25) is 5.75 Å². The van der Waals surface area contributed by atoms with Crippen molar-refractivity contribution in [3.8, 4) is 5.75 Å². The Bertz CT molecular complexity index is 440. The Morgan fingerprint density at radius 1 is 1.47 bits per heavy atom. The highest BCUT2D eigenvalue weighted by atomic mass is 19.1. The largest absolute Gasteiger partial charge is 0.486 e. The van der Waals surface area contributed by atoms with Gasteiger partial charge in [0.05, 0.1) is 23.2 Å². The van der Waals surface area contributed by atoms with Crippen molar-refractivity contribution in [1.82, 2.24) is 0 Å². The van der Waals surface area contributed by atoms with Gasteiger partial charge in [0.15, 0.2) is 5.78 Å². The van der Waals surface area contributed by atoms with E-state index in [1.807, 2.05) is 0 Å². The highest BCUT2D eigenvalue weighted by Crippen LogP contribution is 2.35. The molecular formula is C9H6FNO4. The van der Waals surface area contributed by atoms with Crippen molar-refractivity contribution in [3.05, 3.63) is 33.6 Å². The molecule has 0 N–H and O–H groups in total. The van der Waals surface area contributed by atoms with Crippen LogP contribution in [0.2, 0.25) is 0 Å². The number of carbonyl (C=O) groups is 1.